The third kappa shape index (κ3) is 3.11. The Bertz CT molecular complexity index is 660. The highest BCUT2D eigenvalue weighted by Gasteiger charge is 2.31. The topological polar surface area (TPSA) is 68.2 Å². The van der Waals surface area contributed by atoms with Crippen LogP contribution in [0.3, 0.4) is 0 Å². The minimum atomic E-state index is -3.82. The number of aromatic nitrogens is 1. The molecule has 0 bridgehead atoms. The van der Waals surface area contributed by atoms with Gasteiger partial charge in [0.15, 0.2) is 0 Å². The number of hydrogen-bond donors (Lipinski definition) is 1. The van der Waals surface area contributed by atoms with Gasteiger partial charge in [0.25, 0.3) is 15.0 Å². The molecule has 0 spiro atoms. The summed E-state index contributed by atoms with van der Waals surface area (Å²) in [7, 11) is 1.59. The smallest absolute Gasteiger partial charge is 0.268 e. The molecule has 2 fully saturated rings. The second-order valence-electron chi connectivity index (χ2n) is 6.09. The second-order valence-corrected chi connectivity index (χ2v) is 8.66. The Kier molecular flexibility index (Phi) is 3.78. The molecule has 116 valence electrons. The summed E-state index contributed by atoms with van der Waals surface area (Å²) in [4.78, 5) is 12.4. The van der Waals surface area contributed by atoms with Crippen LogP contribution in [0, 0.1) is 5.92 Å². The Balaban J connectivity index is 1.87. The molecule has 21 heavy (non-hydrogen) atoms. The summed E-state index contributed by atoms with van der Waals surface area (Å²) in [5.41, 5.74) is 0.395. The zero-order valence-corrected chi connectivity index (χ0v) is 13.5. The molecule has 1 amide bonds. The molecule has 2 saturated carbocycles. The zero-order valence-electron chi connectivity index (χ0n) is 11.9. The van der Waals surface area contributed by atoms with Crippen LogP contribution in [-0.4, -0.2) is 24.9 Å². The Morgan fingerprint density at radius 1 is 1.38 bits per heavy atom. The van der Waals surface area contributed by atoms with Crippen molar-refractivity contribution < 1.29 is 13.2 Å². The molecule has 7 heteroatoms. The van der Waals surface area contributed by atoms with Crippen LogP contribution >= 0.6 is 10.7 Å². The lowest BCUT2D eigenvalue weighted by Gasteiger charge is -2.29. The predicted molar refractivity (Wildman–Crippen MR) is 80.0 cm³/mol. The summed E-state index contributed by atoms with van der Waals surface area (Å²) in [5.74, 6) is 0.338. The Morgan fingerprint density at radius 2 is 2.05 bits per heavy atom. The van der Waals surface area contributed by atoms with Gasteiger partial charge in [-0.15, -0.1) is 0 Å². The number of carbonyl (C=O) groups excluding carboxylic acids is 1. The number of amides is 1. The summed E-state index contributed by atoms with van der Waals surface area (Å²) >= 11 is 0. The lowest BCUT2D eigenvalue weighted by atomic mass is 9.93. The molecular formula is C14H19ClN2O3S. The first-order valence-electron chi connectivity index (χ1n) is 7.33. The first-order chi connectivity index (χ1) is 9.86. The predicted octanol–water partition coefficient (Wildman–Crippen LogP) is 2.67. The first-order valence-corrected chi connectivity index (χ1v) is 9.64. The molecule has 3 rings (SSSR count). The van der Waals surface area contributed by atoms with E-state index in [1.54, 1.807) is 4.57 Å². The van der Waals surface area contributed by atoms with Crippen LogP contribution in [0.4, 0.5) is 0 Å². The van der Waals surface area contributed by atoms with Crippen LogP contribution in [0.5, 0.6) is 0 Å². The molecule has 1 aromatic heterocycles. The number of rotatable bonds is 5. The van der Waals surface area contributed by atoms with Gasteiger partial charge in [-0.3, -0.25) is 4.79 Å². The van der Waals surface area contributed by atoms with Gasteiger partial charge < -0.3 is 9.88 Å². The highest BCUT2D eigenvalue weighted by molar-refractivity contribution is 8.13. The van der Waals surface area contributed by atoms with Gasteiger partial charge in [0, 0.05) is 29.0 Å². The highest BCUT2D eigenvalue weighted by Crippen LogP contribution is 2.35. The SMILES string of the molecule is CC(NC(=O)c1cc(S(=O)(=O)Cl)cn1C1CCC1)C1CC1. The van der Waals surface area contributed by atoms with Crippen LogP contribution < -0.4 is 5.32 Å². The van der Waals surface area contributed by atoms with Crippen molar-refractivity contribution in [3.63, 3.8) is 0 Å². The molecule has 1 atom stereocenters. The Hall–Kier alpha value is -1.01. The van der Waals surface area contributed by atoms with Crippen molar-refractivity contribution in [2.75, 3.05) is 0 Å². The average molecular weight is 331 g/mol. The molecule has 1 unspecified atom stereocenters. The van der Waals surface area contributed by atoms with E-state index >= 15 is 0 Å². The fourth-order valence-corrected chi connectivity index (χ4v) is 3.48. The fourth-order valence-electron chi connectivity index (χ4n) is 2.73. The molecule has 1 aromatic rings. The minimum Gasteiger partial charge on any atom is -0.348 e. The maximum Gasteiger partial charge on any atom is 0.268 e. The largest absolute Gasteiger partial charge is 0.348 e. The van der Waals surface area contributed by atoms with E-state index in [1.807, 2.05) is 6.92 Å². The van der Waals surface area contributed by atoms with Crippen molar-refractivity contribution in [1.29, 1.82) is 0 Å². The average Bonchev–Trinajstić information content (AvgIpc) is 3.06. The Labute approximate surface area is 129 Å². The number of halogens is 1. The van der Waals surface area contributed by atoms with E-state index in [4.69, 9.17) is 10.7 Å². The van der Waals surface area contributed by atoms with E-state index < -0.39 is 9.05 Å². The third-order valence-corrected chi connectivity index (χ3v) is 5.81. The maximum absolute atomic E-state index is 12.4. The summed E-state index contributed by atoms with van der Waals surface area (Å²) in [6.45, 7) is 1.99. The van der Waals surface area contributed by atoms with E-state index in [9.17, 15) is 13.2 Å². The van der Waals surface area contributed by atoms with E-state index in [1.165, 1.54) is 12.3 Å². The van der Waals surface area contributed by atoms with Crippen molar-refractivity contribution in [2.24, 2.45) is 5.92 Å². The molecule has 0 aliphatic heterocycles. The van der Waals surface area contributed by atoms with Gasteiger partial charge in [0.05, 0.1) is 0 Å². The molecule has 0 saturated heterocycles. The van der Waals surface area contributed by atoms with Crippen LogP contribution in [0.1, 0.15) is 55.6 Å². The zero-order chi connectivity index (χ0) is 15.2. The standard InChI is InChI=1S/C14H19ClN2O3S/c1-9(10-5-6-10)16-14(18)13-7-12(21(15,19)20)8-17(13)11-3-2-4-11/h7-11H,2-6H2,1H3,(H,16,18). The molecule has 1 heterocycles. The Morgan fingerprint density at radius 3 is 2.52 bits per heavy atom. The third-order valence-electron chi connectivity index (χ3n) is 4.49. The monoisotopic (exact) mass is 330 g/mol. The maximum atomic E-state index is 12.4. The minimum absolute atomic E-state index is 0.000270. The molecule has 0 aromatic carbocycles. The normalized spacial score (nSPS) is 20.9. The van der Waals surface area contributed by atoms with E-state index in [0.29, 0.717) is 11.6 Å². The van der Waals surface area contributed by atoms with Gasteiger partial charge >= 0.3 is 0 Å². The lowest BCUT2D eigenvalue weighted by molar-refractivity contribution is 0.0920. The van der Waals surface area contributed by atoms with Gasteiger partial charge in [0.2, 0.25) is 0 Å². The number of carbonyl (C=O) groups is 1. The fraction of sp³-hybridized carbons (Fsp3) is 0.643. The molecule has 1 N–H and O–H groups in total. The summed E-state index contributed by atoms with van der Waals surface area (Å²) in [6.07, 6.45) is 6.82. The molecule has 0 radical (unpaired) electrons. The van der Waals surface area contributed by atoms with Crippen LogP contribution in [0.2, 0.25) is 0 Å². The van der Waals surface area contributed by atoms with Gasteiger partial charge in [-0.05, 0) is 51.0 Å². The van der Waals surface area contributed by atoms with E-state index in [-0.39, 0.29) is 22.9 Å². The summed E-state index contributed by atoms with van der Waals surface area (Å²) in [5, 5.41) is 2.97. The quantitative estimate of drug-likeness (QED) is 0.844. The van der Waals surface area contributed by atoms with Crippen LogP contribution in [-0.2, 0) is 9.05 Å². The van der Waals surface area contributed by atoms with Crippen molar-refractivity contribution >= 4 is 25.6 Å². The molecular weight excluding hydrogens is 312 g/mol. The van der Waals surface area contributed by atoms with Crippen LogP contribution in [0.15, 0.2) is 17.2 Å². The second kappa shape index (κ2) is 5.32. The number of hydrogen-bond acceptors (Lipinski definition) is 3. The van der Waals surface area contributed by atoms with Crippen molar-refractivity contribution in [3.8, 4) is 0 Å². The number of nitrogens with zero attached hydrogens (tertiary/aromatic N) is 1. The molecule has 2 aliphatic carbocycles. The lowest BCUT2D eigenvalue weighted by Crippen LogP contribution is -2.36. The van der Waals surface area contributed by atoms with Gasteiger partial charge in [-0.25, -0.2) is 8.42 Å². The highest BCUT2D eigenvalue weighted by atomic mass is 35.7. The number of nitrogens with one attached hydrogen (secondary N) is 1. The molecule has 5 nitrogen and oxygen atoms in total. The van der Waals surface area contributed by atoms with Crippen molar-refractivity contribution in [2.45, 2.75) is 56.0 Å². The summed E-state index contributed by atoms with van der Waals surface area (Å²) in [6, 6.07) is 1.71. The van der Waals surface area contributed by atoms with E-state index in [2.05, 4.69) is 5.32 Å². The van der Waals surface area contributed by atoms with Gasteiger partial charge in [0.1, 0.15) is 10.6 Å². The summed E-state index contributed by atoms with van der Waals surface area (Å²) < 4.78 is 24.8. The molecule has 2 aliphatic rings. The van der Waals surface area contributed by atoms with E-state index in [0.717, 1.165) is 32.1 Å². The van der Waals surface area contributed by atoms with Gasteiger partial charge in [-0.1, -0.05) is 0 Å². The van der Waals surface area contributed by atoms with Crippen LogP contribution in [0.25, 0.3) is 0 Å². The van der Waals surface area contributed by atoms with Crippen molar-refractivity contribution in [3.05, 3.63) is 18.0 Å². The van der Waals surface area contributed by atoms with Crippen molar-refractivity contribution in [1.82, 2.24) is 9.88 Å². The van der Waals surface area contributed by atoms with Gasteiger partial charge in [-0.2, -0.15) is 0 Å². The first kappa shape index (κ1) is 14.9.